The molecule has 11 heteroatoms. The summed E-state index contributed by atoms with van der Waals surface area (Å²) in [5.41, 5.74) is 6.53. The van der Waals surface area contributed by atoms with Crippen LogP contribution in [-0.4, -0.2) is 72.7 Å². The first-order valence-corrected chi connectivity index (χ1v) is 7.22. The molecule has 1 fully saturated rings. The van der Waals surface area contributed by atoms with Crippen LogP contribution in [0, 0.1) is 0 Å². The van der Waals surface area contributed by atoms with Gasteiger partial charge < -0.3 is 20.7 Å². The highest BCUT2D eigenvalue weighted by molar-refractivity contribution is 5.81. The zero-order chi connectivity index (χ0) is 17.4. The van der Waals surface area contributed by atoms with E-state index in [0.29, 0.717) is 11.2 Å². The number of aromatic nitrogens is 4. The van der Waals surface area contributed by atoms with Crippen molar-refractivity contribution in [3.05, 3.63) is 12.7 Å². The first-order valence-electron chi connectivity index (χ1n) is 7.22. The average Bonchev–Trinajstić information content (AvgIpc) is 3.10. The van der Waals surface area contributed by atoms with Gasteiger partial charge in [-0.25, -0.2) is 20.0 Å². The third-order valence-corrected chi connectivity index (χ3v) is 3.88. The number of imidazole rings is 1. The number of hydroxylamine groups is 2. The molecule has 0 unspecified atom stereocenters. The van der Waals surface area contributed by atoms with Crippen molar-refractivity contribution >= 4 is 22.9 Å². The highest BCUT2D eigenvalue weighted by atomic mass is 16.7. The Hall–Kier alpha value is -2.34. The minimum atomic E-state index is -1.15. The fourth-order valence-electron chi connectivity index (χ4n) is 2.52. The van der Waals surface area contributed by atoms with E-state index in [4.69, 9.17) is 15.3 Å². The zero-order valence-corrected chi connectivity index (χ0v) is 13.1. The largest absolute Gasteiger partial charge is 0.394 e. The molecule has 11 nitrogen and oxygen atoms in total. The monoisotopic (exact) mass is 338 g/mol. The van der Waals surface area contributed by atoms with Crippen LogP contribution in [-0.2, 0) is 14.4 Å². The van der Waals surface area contributed by atoms with Gasteiger partial charge in [-0.15, -0.1) is 0 Å². The fraction of sp³-hybridized carbons (Fsp3) is 0.538. The number of carbonyl (C=O) groups excluding carboxylic acids is 1. The number of amides is 1. The topological polar surface area (TPSA) is 149 Å². The molecular formula is C13H18N6O5. The summed E-state index contributed by atoms with van der Waals surface area (Å²) in [6, 6.07) is 0. The van der Waals surface area contributed by atoms with Crippen molar-refractivity contribution in [2.45, 2.75) is 31.5 Å². The van der Waals surface area contributed by atoms with Crippen LogP contribution in [0.2, 0.25) is 0 Å². The smallest absolute Gasteiger partial charge is 0.242 e. The maximum absolute atomic E-state index is 11.4. The van der Waals surface area contributed by atoms with Gasteiger partial charge >= 0.3 is 0 Å². The third-order valence-electron chi connectivity index (χ3n) is 3.88. The van der Waals surface area contributed by atoms with E-state index in [1.165, 1.54) is 31.2 Å². The van der Waals surface area contributed by atoms with Gasteiger partial charge in [0, 0.05) is 14.0 Å². The Morgan fingerprint density at radius 2 is 2.25 bits per heavy atom. The first-order chi connectivity index (χ1) is 11.4. The second-order valence-electron chi connectivity index (χ2n) is 5.41. The molecule has 3 heterocycles. The Morgan fingerprint density at radius 1 is 1.50 bits per heavy atom. The van der Waals surface area contributed by atoms with Gasteiger partial charge in [-0.1, -0.05) is 0 Å². The molecule has 0 radical (unpaired) electrons. The molecule has 0 aliphatic carbocycles. The van der Waals surface area contributed by atoms with E-state index in [1.54, 1.807) is 0 Å². The second-order valence-corrected chi connectivity index (χ2v) is 5.41. The normalized spacial score (nSPS) is 26.8. The molecule has 24 heavy (non-hydrogen) atoms. The predicted molar refractivity (Wildman–Crippen MR) is 80.1 cm³/mol. The lowest BCUT2D eigenvalue weighted by molar-refractivity contribution is -0.218. The Morgan fingerprint density at radius 3 is 2.92 bits per heavy atom. The summed E-state index contributed by atoms with van der Waals surface area (Å²) in [6.07, 6.45) is -1.14. The highest BCUT2D eigenvalue weighted by Gasteiger charge is 2.47. The van der Waals surface area contributed by atoms with Crippen LogP contribution in [0.5, 0.6) is 0 Å². The summed E-state index contributed by atoms with van der Waals surface area (Å²) in [4.78, 5) is 29.0. The van der Waals surface area contributed by atoms with E-state index in [2.05, 4.69) is 15.0 Å². The van der Waals surface area contributed by atoms with Crippen molar-refractivity contribution in [3.63, 3.8) is 0 Å². The second kappa shape index (κ2) is 6.28. The van der Waals surface area contributed by atoms with Crippen molar-refractivity contribution < 1.29 is 24.6 Å². The first kappa shape index (κ1) is 16.5. The lowest BCUT2D eigenvalue weighted by Crippen LogP contribution is -2.41. The molecule has 1 aliphatic rings. The zero-order valence-electron chi connectivity index (χ0n) is 13.1. The Labute approximate surface area is 136 Å². The number of nitrogens with zero attached hydrogens (tertiary/aromatic N) is 5. The molecular weight excluding hydrogens is 320 g/mol. The van der Waals surface area contributed by atoms with Crippen LogP contribution in [0.1, 0.15) is 13.2 Å². The maximum atomic E-state index is 11.4. The molecule has 4 atom stereocenters. The van der Waals surface area contributed by atoms with Crippen molar-refractivity contribution in [2.75, 3.05) is 19.4 Å². The molecule has 2 aromatic heterocycles. The van der Waals surface area contributed by atoms with E-state index in [9.17, 15) is 15.0 Å². The predicted octanol–water partition coefficient (Wildman–Crippen LogP) is -1.56. The summed E-state index contributed by atoms with van der Waals surface area (Å²) in [7, 11) is 1.42. The average molecular weight is 338 g/mol. The van der Waals surface area contributed by atoms with Gasteiger partial charge in [-0.2, -0.15) is 0 Å². The number of carbonyl (C=O) groups is 1. The highest BCUT2D eigenvalue weighted by Crippen LogP contribution is 2.34. The minimum Gasteiger partial charge on any atom is -0.394 e. The van der Waals surface area contributed by atoms with Crippen molar-refractivity contribution in [1.29, 1.82) is 0 Å². The van der Waals surface area contributed by atoms with Crippen molar-refractivity contribution in [2.24, 2.45) is 0 Å². The van der Waals surface area contributed by atoms with Crippen LogP contribution in [0.25, 0.3) is 11.2 Å². The van der Waals surface area contributed by atoms with Crippen LogP contribution in [0.4, 0.5) is 5.82 Å². The quantitative estimate of drug-likeness (QED) is 0.562. The molecule has 130 valence electrons. The molecule has 0 aromatic carbocycles. The number of ether oxygens (including phenoxy) is 1. The van der Waals surface area contributed by atoms with Crippen LogP contribution in [0.15, 0.2) is 12.7 Å². The van der Waals surface area contributed by atoms with Crippen LogP contribution >= 0.6 is 0 Å². The van der Waals surface area contributed by atoms with Gasteiger partial charge in [0.1, 0.15) is 24.1 Å². The van der Waals surface area contributed by atoms with Gasteiger partial charge in [0.2, 0.25) is 5.91 Å². The van der Waals surface area contributed by atoms with Crippen LogP contribution < -0.4 is 5.73 Å². The number of aliphatic hydroxyl groups is 2. The molecule has 2 aromatic rings. The SMILES string of the molecule is CC(=O)N(C)O[C@@H]1[C@H](O)[C@@H](CO)O[C@H]1n1cnc2c(N)ncnc21. The standard InChI is InChI=1S/C13H18N6O5/c1-6(21)18(2)24-10-9(22)7(3-20)23-13(10)19-5-17-8-11(14)15-4-16-12(8)19/h4-5,7,9-10,13,20,22H,3H2,1-2H3,(H2,14,15,16)/t7-,9-,10-,13-/m1/s1. The molecule has 0 saturated carbocycles. The molecule has 0 spiro atoms. The summed E-state index contributed by atoms with van der Waals surface area (Å²) in [5.74, 6) is -0.148. The molecule has 1 saturated heterocycles. The molecule has 4 N–H and O–H groups in total. The van der Waals surface area contributed by atoms with Crippen molar-refractivity contribution in [3.8, 4) is 0 Å². The van der Waals surface area contributed by atoms with Crippen LogP contribution in [0.3, 0.4) is 0 Å². The number of hydrogen-bond acceptors (Lipinski definition) is 9. The molecule has 3 rings (SSSR count). The van der Waals surface area contributed by atoms with Gasteiger partial charge in [0.05, 0.1) is 12.9 Å². The van der Waals surface area contributed by atoms with E-state index in [-0.39, 0.29) is 11.7 Å². The summed E-state index contributed by atoms with van der Waals surface area (Å²) < 4.78 is 7.19. The fourth-order valence-corrected chi connectivity index (χ4v) is 2.52. The van der Waals surface area contributed by atoms with Gasteiger partial charge in [-0.3, -0.25) is 14.2 Å². The third kappa shape index (κ3) is 2.67. The number of nitrogens with two attached hydrogens (primary N) is 1. The van der Waals surface area contributed by atoms with E-state index in [0.717, 1.165) is 5.06 Å². The summed E-state index contributed by atoms with van der Waals surface area (Å²) >= 11 is 0. The van der Waals surface area contributed by atoms with Crippen molar-refractivity contribution in [1.82, 2.24) is 24.6 Å². The Kier molecular flexibility index (Phi) is 4.32. The van der Waals surface area contributed by atoms with E-state index in [1.807, 2.05) is 0 Å². The lowest BCUT2D eigenvalue weighted by atomic mass is 10.1. The number of fused-ring (bicyclic) bond motifs is 1. The Bertz CT molecular complexity index is 752. The summed E-state index contributed by atoms with van der Waals surface area (Å²) in [6.45, 7) is 0.909. The minimum absolute atomic E-state index is 0.203. The number of hydrogen-bond donors (Lipinski definition) is 3. The van der Waals surface area contributed by atoms with Gasteiger partial charge in [-0.05, 0) is 0 Å². The van der Waals surface area contributed by atoms with E-state index < -0.39 is 31.1 Å². The Balaban J connectivity index is 1.99. The number of nitrogen functional groups attached to an aromatic ring is 1. The summed E-state index contributed by atoms with van der Waals surface area (Å²) in [5, 5.41) is 20.7. The number of anilines is 1. The van der Waals surface area contributed by atoms with Gasteiger partial charge in [0.25, 0.3) is 0 Å². The van der Waals surface area contributed by atoms with Gasteiger partial charge in [0.15, 0.2) is 23.8 Å². The number of rotatable bonds is 4. The van der Waals surface area contributed by atoms with E-state index >= 15 is 0 Å². The molecule has 1 amide bonds. The molecule has 1 aliphatic heterocycles. The maximum Gasteiger partial charge on any atom is 0.242 e. The lowest BCUT2D eigenvalue weighted by Gasteiger charge is -2.25. The number of aliphatic hydroxyl groups excluding tert-OH is 2. The molecule has 0 bridgehead atoms.